The first kappa shape index (κ1) is 18.4. The summed E-state index contributed by atoms with van der Waals surface area (Å²) in [5.41, 5.74) is 2.53. The third kappa shape index (κ3) is 3.74. The van der Waals surface area contributed by atoms with Crippen molar-refractivity contribution in [3.05, 3.63) is 57.5 Å². The van der Waals surface area contributed by atoms with Crippen LogP contribution in [0.15, 0.2) is 35.1 Å². The highest BCUT2D eigenvalue weighted by Crippen LogP contribution is 2.16. The predicted octanol–water partition coefficient (Wildman–Crippen LogP) is 1.50. The van der Waals surface area contributed by atoms with E-state index >= 15 is 0 Å². The summed E-state index contributed by atoms with van der Waals surface area (Å²) in [6.07, 6.45) is 0.786. The Bertz CT molecular complexity index is 1080. The van der Waals surface area contributed by atoms with Crippen LogP contribution in [-0.2, 0) is 18.3 Å². The first-order chi connectivity index (χ1) is 12.9. The topological polar surface area (TPSA) is 109 Å². The molecule has 2 aromatic heterocycles. The van der Waals surface area contributed by atoms with Crippen molar-refractivity contribution in [2.45, 2.75) is 20.3 Å². The predicted molar refractivity (Wildman–Crippen MR) is 103 cm³/mol. The molecular formula is C19H21N5O3. The lowest BCUT2D eigenvalue weighted by Gasteiger charge is -2.10. The Morgan fingerprint density at radius 1 is 1.26 bits per heavy atom. The molecule has 0 saturated carbocycles. The van der Waals surface area contributed by atoms with E-state index in [0.29, 0.717) is 11.3 Å². The lowest BCUT2D eigenvalue weighted by atomic mass is 10.1. The molecule has 3 aromatic rings. The van der Waals surface area contributed by atoms with Gasteiger partial charge in [-0.1, -0.05) is 25.1 Å². The molecule has 27 heavy (non-hydrogen) atoms. The van der Waals surface area contributed by atoms with E-state index < -0.39 is 11.5 Å². The van der Waals surface area contributed by atoms with Crippen molar-refractivity contribution >= 4 is 28.5 Å². The number of aromatic amines is 1. The highest BCUT2D eigenvalue weighted by Gasteiger charge is 2.18. The number of para-hydroxylation sites is 1. The number of aromatic nitrogens is 3. The number of hydrogen-bond acceptors (Lipinski definition) is 4. The highest BCUT2D eigenvalue weighted by atomic mass is 16.2. The molecule has 2 heterocycles. The number of carbonyl (C=O) groups is 2. The largest absolute Gasteiger partial charge is 0.343 e. The minimum atomic E-state index is -0.499. The van der Waals surface area contributed by atoms with Gasteiger partial charge < -0.3 is 10.6 Å². The Hall–Kier alpha value is -3.42. The Morgan fingerprint density at radius 3 is 2.74 bits per heavy atom. The minimum absolute atomic E-state index is 0.195. The zero-order valence-corrected chi connectivity index (χ0v) is 15.4. The Balaban J connectivity index is 1.76. The van der Waals surface area contributed by atoms with Crippen LogP contribution in [0.3, 0.4) is 0 Å². The minimum Gasteiger partial charge on any atom is -0.343 e. The van der Waals surface area contributed by atoms with Gasteiger partial charge in [-0.15, -0.1) is 0 Å². The molecule has 140 valence electrons. The maximum absolute atomic E-state index is 12.6. The number of anilines is 1. The lowest BCUT2D eigenvalue weighted by Crippen LogP contribution is -2.33. The molecule has 0 spiro atoms. The van der Waals surface area contributed by atoms with Gasteiger partial charge in [0.25, 0.3) is 11.5 Å². The van der Waals surface area contributed by atoms with E-state index in [1.165, 1.54) is 10.7 Å². The van der Waals surface area contributed by atoms with Gasteiger partial charge in [-0.25, -0.2) is 4.98 Å². The molecule has 0 bridgehead atoms. The monoisotopic (exact) mass is 367 g/mol. The van der Waals surface area contributed by atoms with Gasteiger partial charge in [-0.2, -0.15) is 0 Å². The van der Waals surface area contributed by atoms with Crippen molar-refractivity contribution in [2.75, 3.05) is 11.9 Å². The molecule has 0 unspecified atom stereocenters. The first-order valence-electron chi connectivity index (χ1n) is 8.63. The molecule has 8 nitrogen and oxygen atoms in total. The summed E-state index contributed by atoms with van der Waals surface area (Å²) in [6.45, 7) is 3.54. The van der Waals surface area contributed by atoms with Crippen molar-refractivity contribution < 1.29 is 9.59 Å². The van der Waals surface area contributed by atoms with Gasteiger partial charge in [0.05, 0.1) is 17.5 Å². The second-order valence-corrected chi connectivity index (χ2v) is 6.25. The number of nitrogens with one attached hydrogen (secondary N) is 3. The number of H-pyrrole nitrogens is 1. The van der Waals surface area contributed by atoms with Crippen LogP contribution in [0.1, 0.15) is 28.5 Å². The smallest absolute Gasteiger partial charge is 0.274 e. The van der Waals surface area contributed by atoms with Gasteiger partial charge in [0.2, 0.25) is 5.91 Å². The molecular weight excluding hydrogens is 346 g/mol. The van der Waals surface area contributed by atoms with Crippen LogP contribution in [0, 0.1) is 6.92 Å². The van der Waals surface area contributed by atoms with Crippen molar-refractivity contribution in [1.82, 2.24) is 20.1 Å². The van der Waals surface area contributed by atoms with Crippen LogP contribution in [0.2, 0.25) is 0 Å². The molecule has 3 N–H and O–H groups in total. The summed E-state index contributed by atoms with van der Waals surface area (Å²) >= 11 is 0. The van der Waals surface area contributed by atoms with Crippen LogP contribution in [-0.4, -0.2) is 33.1 Å². The van der Waals surface area contributed by atoms with E-state index in [9.17, 15) is 14.4 Å². The fourth-order valence-corrected chi connectivity index (χ4v) is 2.96. The van der Waals surface area contributed by atoms with Crippen LogP contribution in [0.5, 0.6) is 0 Å². The van der Waals surface area contributed by atoms with E-state index in [2.05, 4.69) is 20.7 Å². The third-order valence-electron chi connectivity index (χ3n) is 4.27. The molecule has 0 radical (unpaired) electrons. The van der Waals surface area contributed by atoms with Crippen molar-refractivity contribution in [1.29, 1.82) is 0 Å². The van der Waals surface area contributed by atoms with Crippen molar-refractivity contribution in [2.24, 2.45) is 7.05 Å². The highest BCUT2D eigenvalue weighted by molar-refractivity contribution is 6.07. The summed E-state index contributed by atoms with van der Waals surface area (Å²) in [7, 11) is 1.65. The van der Waals surface area contributed by atoms with E-state index in [4.69, 9.17) is 0 Å². The van der Waals surface area contributed by atoms with Crippen LogP contribution < -0.4 is 16.2 Å². The number of pyridine rings is 1. The van der Waals surface area contributed by atoms with Crippen LogP contribution >= 0.6 is 0 Å². The Labute approximate surface area is 155 Å². The number of amides is 2. The maximum atomic E-state index is 12.6. The second-order valence-electron chi connectivity index (χ2n) is 6.25. The fraction of sp³-hybridized carbons (Fsp3) is 0.263. The average Bonchev–Trinajstić information content (AvgIpc) is 2.93. The third-order valence-corrected chi connectivity index (χ3v) is 4.27. The quantitative estimate of drug-likeness (QED) is 0.635. The molecule has 0 atom stereocenters. The summed E-state index contributed by atoms with van der Waals surface area (Å²) < 4.78 is 1.47. The number of nitrogens with zero attached hydrogens (tertiary/aromatic N) is 2. The summed E-state index contributed by atoms with van der Waals surface area (Å²) in [6, 6.07) is 9.04. The summed E-state index contributed by atoms with van der Waals surface area (Å²) in [5, 5.41) is 8.16. The summed E-state index contributed by atoms with van der Waals surface area (Å²) in [5.74, 6) is -0.839. The van der Waals surface area contributed by atoms with E-state index in [0.717, 1.165) is 17.7 Å². The van der Waals surface area contributed by atoms with E-state index in [1.807, 2.05) is 31.2 Å². The van der Waals surface area contributed by atoms with E-state index in [-0.39, 0.29) is 23.4 Å². The first-order valence-corrected chi connectivity index (χ1v) is 8.63. The molecule has 0 fully saturated rings. The van der Waals surface area contributed by atoms with Gasteiger partial charge in [-0.3, -0.25) is 24.2 Å². The van der Waals surface area contributed by atoms with Gasteiger partial charge in [0.15, 0.2) is 5.65 Å². The number of rotatable bonds is 5. The van der Waals surface area contributed by atoms with Crippen LogP contribution in [0.25, 0.3) is 11.0 Å². The van der Waals surface area contributed by atoms with Gasteiger partial charge >= 0.3 is 0 Å². The lowest BCUT2D eigenvalue weighted by molar-refractivity contribution is -0.115. The zero-order chi connectivity index (χ0) is 19.6. The van der Waals surface area contributed by atoms with Gasteiger partial charge in [0, 0.05) is 18.4 Å². The molecule has 0 aliphatic rings. The number of benzene rings is 1. The average molecular weight is 367 g/mol. The van der Waals surface area contributed by atoms with Crippen LogP contribution in [0.4, 0.5) is 5.69 Å². The SMILES string of the molecule is CCc1ccccc1NC(=O)CNC(=O)c1cc(C)nc2c1c(=O)[nH]n2C. The number of fused-ring (bicyclic) bond motifs is 1. The Morgan fingerprint density at radius 2 is 2.00 bits per heavy atom. The molecule has 3 rings (SSSR count). The molecule has 2 amide bonds. The molecule has 8 heteroatoms. The standard InChI is InChI=1S/C19H21N5O3/c1-4-12-7-5-6-8-14(12)22-15(25)10-20-18(26)13-9-11(2)21-17-16(13)19(27)23-24(17)3/h5-9H,4,10H2,1-3H3,(H,20,26)(H,22,25)(H,23,27). The molecule has 1 aromatic carbocycles. The van der Waals surface area contributed by atoms with Crippen molar-refractivity contribution in [3.63, 3.8) is 0 Å². The fourth-order valence-electron chi connectivity index (χ4n) is 2.96. The summed E-state index contributed by atoms with van der Waals surface area (Å²) in [4.78, 5) is 41.2. The second kappa shape index (κ2) is 7.45. The maximum Gasteiger partial charge on any atom is 0.274 e. The van der Waals surface area contributed by atoms with Gasteiger partial charge in [0.1, 0.15) is 0 Å². The zero-order valence-electron chi connectivity index (χ0n) is 15.4. The Kier molecular flexibility index (Phi) is 5.07. The normalized spacial score (nSPS) is 10.8. The molecule has 0 aliphatic heterocycles. The number of hydrogen-bond donors (Lipinski definition) is 3. The van der Waals surface area contributed by atoms with E-state index in [1.54, 1.807) is 14.0 Å². The number of carbonyl (C=O) groups excluding carboxylic acids is 2. The molecule has 0 saturated heterocycles. The van der Waals surface area contributed by atoms with Gasteiger partial charge in [-0.05, 0) is 31.0 Å². The molecule has 0 aliphatic carbocycles. The number of aryl methyl sites for hydroxylation is 3. The van der Waals surface area contributed by atoms with Crippen molar-refractivity contribution in [3.8, 4) is 0 Å².